The second kappa shape index (κ2) is 8.35. The minimum Gasteiger partial charge on any atom is -0.355 e. The van der Waals surface area contributed by atoms with Crippen molar-refractivity contribution in [3.05, 3.63) is 48.0 Å². The lowest BCUT2D eigenvalue weighted by Gasteiger charge is -2.39. The molecule has 1 aliphatic heterocycles. The Balaban J connectivity index is 1.50. The van der Waals surface area contributed by atoms with Gasteiger partial charge in [-0.05, 0) is 18.2 Å². The van der Waals surface area contributed by atoms with Gasteiger partial charge >= 0.3 is 0 Å². The summed E-state index contributed by atoms with van der Waals surface area (Å²) in [5.41, 5.74) is -0.249. The number of sulfonamides is 2. The molecule has 5 N–H and O–H groups in total. The molecule has 0 spiro atoms. The van der Waals surface area contributed by atoms with Crippen LogP contribution in [0.1, 0.15) is 0 Å². The summed E-state index contributed by atoms with van der Waals surface area (Å²) >= 11 is 5.93. The van der Waals surface area contributed by atoms with Crippen molar-refractivity contribution >= 4 is 49.1 Å². The van der Waals surface area contributed by atoms with Crippen LogP contribution in [0.3, 0.4) is 0 Å². The molecular formula is C17H17ClN8O5S2. The zero-order valence-corrected chi connectivity index (χ0v) is 19.0. The standard InChI is InChI=1S/C17H17ClN8O5S2/c18-11-4-12(14(33(20,30)31)5-13(11)32(19,28)29)24-17(27)10-7-25(8-10)15-6-16(22-9-21-15)26-3-1-2-23-26/h1-6,9-10H,7-8H2,(H,24,27)(H2,19,28,29)(H2,20,30,31). The maximum atomic E-state index is 12.7. The second-order valence-electron chi connectivity index (χ2n) is 7.15. The van der Waals surface area contributed by atoms with E-state index in [0.717, 1.165) is 6.07 Å². The van der Waals surface area contributed by atoms with E-state index in [-0.39, 0.29) is 10.7 Å². The Hall–Kier alpha value is -3.11. The minimum absolute atomic E-state index is 0.249. The molecule has 1 amide bonds. The lowest BCUT2D eigenvalue weighted by molar-refractivity contribution is -0.120. The minimum atomic E-state index is -4.40. The van der Waals surface area contributed by atoms with Gasteiger partial charge in [0.25, 0.3) is 0 Å². The normalized spacial score (nSPS) is 14.7. The number of nitrogens with zero attached hydrogens (tertiary/aromatic N) is 5. The van der Waals surface area contributed by atoms with Crippen LogP contribution in [0, 0.1) is 5.92 Å². The number of anilines is 2. The molecule has 33 heavy (non-hydrogen) atoms. The average molecular weight is 513 g/mol. The number of primary sulfonamides is 2. The van der Waals surface area contributed by atoms with Crippen LogP contribution in [-0.2, 0) is 24.8 Å². The average Bonchev–Trinajstić information content (AvgIpc) is 3.20. The van der Waals surface area contributed by atoms with Gasteiger partial charge in [-0.2, -0.15) is 5.10 Å². The van der Waals surface area contributed by atoms with Crippen molar-refractivity contribution in [1.82, 2.24) is 19.7 Å². The Morgan fingerprint density at radius 1 is 1.03 bits per heavy atom. The van der Waals surface area contributed by atoms with Gasteiger partial charge in [0.2, 0.25) is 26.0 Å². The number of aromatic nitrogens is 4. The van der Waals surface area contributed by atoms with Gasteiger partial charge in [0.15, 0.2) is 5.82 Å². The molecule has 1 saturated heterocycles. The summed E-state index contributed by atoms with van der Waals surface area (Å²) in [6, 6.07) is 5.17. The van der Waals surface area contributed by atoms with E-state index in [0.29, 0.717) is 30.8 Å². The quantitative estimate of drug-likeness (QED) is 0.396. The molecule has 1 fully saturated rings. The third-order valence-electron chi connectivity index (χ3n) is 4.86. The summed E-state index contributed by atoms with van der Waals surface area (Å²) in [4.78, 5) is 21.6. The first-order valence-electron chi connectivity index (χ1n) is 9.20. The monoisotopic (exact) mass is 512 g/mol. The van der Waals surface area contributed by atoms with Crippen molar-refractivity contribution < 1.29 is 21.6 Å². The van der Waals surface area contributed by atoms with Gasteiger partial charge in [-0.3, -0.25) is 4.79 Å². The van der Waals surface area contributed by atoms with Crippen molar-refractivity contribution in [1.29, 1.82) is 0 Å². The number of benzene rings is 1. The molecule has 4 rings (SSSR count). The maximum Gasteiger partial charge on any atom is 0.240 e. The van der Waals surface area contributed by atoms with E-state index >= 15 is 0 Å². The zero-order valence-electron chi connectivity index (χ0n) is 16.7. The van der Waals surface area contributed by atoms with E-state index in [4.69, 9.17) is 21.9 Å². The second-order valence-corrected chi connectivity index (χ2v) is 10.6. The van der Waals surface area contributed by atoms with E-state index in [9.17, 15) is 21.6 Å². The maximum absolute atomic E-state index is 12.7. The van der Waals surface area contributed by atoms with Gasteiger partial charge in [-0.15, -0.1) is 0 Å². The van der Waals surface area contributed by atoms with Crippen LogP contribution in [0.2, 0.25) is 5.02 Å². The Bertz CT molecular complexity index is 1440. The van der Waals surface area contributed by atoms with E-state index in [1.807, 2.05) is 4.90 Å². The molecule has 0 radical (unpaired) electrons. The lowest BCUT2D eigenvalue weighted by atomic mass is 9.99. The predicted octanol–water partition coefficient (Wildman–Crippen LogP) is -0.315. The molecule has 0 unspecified atom stereocenters. The highest BCUT2D eigenvalue weighted by Crippen LogP contribution is 2.32. The van der Waals surface area contributed by atoms with Crippen molar-refractivity contribution in [3.63, 3.8) is 0 Å². The number of amides is 1. The molecule has 13 nitrogen and oxygen atoms in total. The molecule has 1 aliphatic rings. The van der Waals surface area contributed by atoms with Gasteiger partial charge in [-0.25, -0.2) is 41.8 Å². The summed E-state index contributed by atoms with van der Waals surface area (Å²) in [7, 11) is -8.72. The van der Waals surface area contributed by atoms with E-state index in [1.165, 1.54) is 6.33 Å². The molecule has 0 atom stereocenters. The molecule has 1 aromatic carbocycles. The van der Waals surface area contributed by atoms with Crippen LogP contribution in [0.4, 0.5) is 11.5 Å². The topological polar surface area (TPSA) is 196 Å². The largest absolute Gasteiger partial charge is 0.355 e. The van der Waals surface area contributed by atoms with E-state index < -0.39 is 41.7 Å². The van der Waals surface area contributed by atoms with Gasteiger partial charge in [-0.1, -0.05) is 11.6 Å². The number of hydrogen-bond donors (Lipinski definition) is 3. The van der Waals surface area contributed by atoms with Crippen molar-refractivity contribution in [3.8, 4) is 5.82 Å². The third-order valence-corrected chi connectivity index (χ3v) is 7.19. The van der Waals surface area contributed by atoms with Crippen LogP contribution < -0.4 is 20.5 Å². The number of nitrogens with two attached hydrogens (primary N) is 2. The van der Waals surface area contributed by atoms with Crippen LogP contribution in [0.5, 0.6) is 0 Å². The Morgan fingerprint density at radius 2 is 1.70 bits per heavy atom. The Kier molecular flexibility index (Phi) is 5.83. The highest BCUT2D eigenvalue weighted by Gasteiger charge is 2.35. The smallest absolute Gasteiger partial charge is 0.240 e. The number of halogens is 1. The van der Waals surface area contributed by atoms with Crippen molar-refractivity contribution in [2.45, 2.75) is 9.79 Å². The highest BCUT2D eigenvalue weighted by molar-refractivity contribution is 7.90. The first-order chi connectivity index (χ1) is 15.4. The molecule has 3 heterocycles. The molecule has 0 aliphatic carbocycles. The SMILES string of the molecule is NS(=O)(=O)c1cc(S(N)(=O)=O)c(NC(=O)C2CN(c3cc(-n4cccn4)ncn3)C2)cc1Cl. The number of hydrogen-bond acceptors (Lipinski definition) is 9. The lowest BCUT2D eigenvalue weighted by Crippen LogP contribution is -2.52. The molecule has 16 heteroatoms. The zero-order chi connectivity index (χ0) is 24.0. The van der Waals surface area contributed by atoms with Crippen LogP contribution >= 0.6 is 11.6 Å². The highest BCUT2D eigenvalue weighted by atomic mass is 35.5. The van der Waals surface area contributed by atoms with Crippen LogP contribution in [0.15, 0.2) is 52.8 Å². The first kappa shape index (κ1) is 23.1. The summed E-state index contributed by atoms with van der Waals surface area (Å²) in [5, 5.41) is 16.4. The fraction of sp³-hybridized carbons (Fsp3) is 0.176. The van der Waals surface area contributed by atoms with Gasteiger partial charge < -0.3 is 10.2 Å². The molecule has 0 saturated carbocycles. The fourth-order valence-corrected chi connectivity index (χ4v) is 5.06. The molecule has 0 bridgehead atoms. The molecule has 2 aromatic heterocycles. The summed E-state index contributed by atoms with van der Waals surface area (Å²) in [6.45, 7) is 0.601. The third kappa shape index (κ3) is 4.81. The number of rotatable bonds is 6. The van der Waals surface area contributed by atoms with Gasteiger partial charge in [0.05, 0.1) is 16.6 Å². The van der Waals surface area contributed by atoms with Crippen LogP contribution in [0.25, 0.3) is 5.82 Å². The Labute approximate surface area is 193 Å². The number of nitrogens with one attached hydrogen (secondary N) is 1. The number of carbonyl (C=O) groups excluding carboxylic acids is 1. The molecule has 174 valence electrons. The first-order valence-corrected chi connectivity index (χ1v) is 12.7. The summed E-state index contributed by atoms with van der Waals surface area (Å²) in [6.07, 6.45) is 4.73. The number of carbonyl (C=O) groups is 1. The predicted molar refractivity (Wildman–Crippen MR) is 118 cm³/mol. The summed E-state index contributed by atoms with van der Waals surface area (Å²) in [5.74, 6) is 0.140. The van der Waals surface area contributed by atoms with Gasteiger partial charge in [0.1, 0.15) is 21.9 Å². The fourth-order valence-electron chi connectivity index (χ4n) is 3.19. The molecular weight excluding hydrogens is 496 g/mol. The van der Waals surface area contributed by atoms with Crippen LogP contribution in [-0.4, -0.2) is 55.6 Å². The van der Waals surface area contributed by atoms with E-state index in [2.05, 4.69) is 20.4 Å². The van der Waals surface area contributed by atoms with Gasteiger partial charge in [0, 0.05) is 31.5 Å². The van der Waals surface area contributed by atoms with E-state index in [1.54, 1.807) is 29.2 Å². The summed E-state index contributed by atoms with van der Waals surface area (Å²) < 4.78 is 48.8. The van der Waals surface area contributed by atoms with Crippen molar-refractivity contribution in [2.24, 2.45) is 16.2 Å². The van der Waals surface area contributed by atoms with Crippen molar-refractivity contribution in [2.75, 3.05) is 23.3 Å². The Morgan fingerprint density at radius 3 is 2.30 bits per heavy atom. The molecule has 3 aromatic rings.